The fourth-order valence-electron chi connectivity index (χ4n) is 2.57. The normalized spacial score (nSPS) is 28.2. The Morgan fingerprint density at radius 2 is 2.18 bits per heavy atom. The molecule has 100 valence electrons. The standard InChI is InChI=1S/C13H23INO2/c1-3-4-7-13(8-5-6-9-13)17-12(16)10(2)11-14-15-11/h10-11,15H,3-9H2,1-2H3/q-1. The van der Waals surface area contributed by atoms with Gasteiger partial charge in [-0.25, -0.2) is 0 Å². The zero-order valence-electron chi connectivity index (χ0n) is 10.8. The van der Waals surface area contributed by atoms with Crippen LogP contribution in [0.1, 0.15) is 58.8 Å². The van der Waals surface area contributed by atoms with Crippen molar-refractivity contribution in [3.05, 3.63) is 0 Å². The van der Waals surface area contributed by atoms with Crippen LogP contribution in [0, 0.1) is 5.92 Å². The van der Waals surface area contributed by atoms with E-state index >= 15 is 0 Å². The summed E-state index contributed by atoms with van der Waals surface area (Å²) in [4.78, 5) is 12.1. The van der Waals surface area contributed by atoms with Gasteiger partial charge in [0.05, 0.1) is 0 Å². The molecule has 1 aliphatic carbocycles. The van der Waals surface area contributed by atoms with E-state index in [2.05, 4.69) is 10.5 Å². The summed E-state index contributed by atoms with van der Waals surface area (Å²) in [5.74, 6) is 0.111. The second kappa shape index (κ2) is 5.87. The molecule has 3 nitrogen and oxygen atoms in total. The summed E-state index contributed by atoms with van der Waals surface area (Å²) in [7, 11) is 0. The number of unbranched alkanes of at least 4 members (excludes halogenated alkanes) is 1. The summed E-state index contributed by atoms with van der Waals surface area (Å²) in [6.45, 7) is 4.21. The Morgan fingerprint density at radius 1 is 1.53 bits per heavy atom. The van der Waals surface area contributed by atoms with Gasteiger partial charge < -0.3 is 0 Å². The van der Waals surface area contributed by atoms with Crippen molar-refractivity contribution >= 4 is 5.97 Å². The molecule has 0 aromatic carbocycles. The molecule has 17 heavy (non-hydrogen) atoms. The Balaban J connectivity index is 1.89. The van der Waals surface area contributed by atoms with Gasteiger partial charge in [0.25, 0.3) is 0 Å². The molecule has 0 bridgehead atoms. The van der Waals surface area contributed by atoms with Crippen molar-refractivity contribution in [2.24, 2.45) is 5.92 Å². The van der Waals surface area contributed by atoms with E-state index in [1.807, 2.05) is 6.92 Å². The monoisotopic (exact) mass is 352 g/mol. The first-order valence-corrected chi connectivity index (χ1v) is 9.10. The molecule has 0 aromatic rings. The number of hydrogen-bond acceptors (Lipinski definition) is 3. The van der Waals surface area contributed by atoms with E-state index in [0.29, 0.717) is 4.05 Å². The van der Waals surface area contributed by atoms with Crippen LogP contribution in [0.2, 0.25) is 0 Å². The van der Waals surface area contributed by atoms with Crippen molar-refractivity contribution in [3.63, 3.8) is 0 Å². The van der Waals surface area contributed by atoms with E-state index in [9.17, 15) is 4.79 Å². The van der Waals surface area contributed by atoms with Crippen molar-refractivity contribution in [3.8, 4) is 0 Å². The molecule has 4 heteroatoms. The molecule has 2 aliphatic rings. The first-order chi connectivity index (χ1) is 8.17. The minimum absolute atomic E-state index is 0.0395. The van der Waals surface area contributed by atoms with Crippen LogP contribution in [-0.2, 0) is 9.53 Å². The van der Waals surface area contributed by atoms with Crippen LogP contribution in [-0.4, -0.2) is 15.6 Å². The average molecular weight is 352 g/mol. The predicted octanol–water partition coefficient (Wildman–Crippen LogP) is -0.398. The number of hydrogen-bond donors (Lipinski definition) is 1. The number of ether oxygens (including phenoxy) is 1. The molecule has 0 aromatic heterocycles. The minimum atomic E-state index is -0.103. The summed E-state index contributed by atoms with van der Waals surface area (Å²) >= 11 is 0.102. The fraction of sp³-hybridized carbons (Fsp3) is 0.923. The Morgan fingerprint density at radius 3 is 2.71 bits per heavy atom. The molecule has 0 amide bonds. The van der Waals surface area contributed by atoms with Gasteiger partial charge in [-0.15, -0.1) is 0 Å². The number of nitrogens with one attached hydrogen (secondary N) is 1. The SMILES string of the molecule is CCCCC1(OC(=O)C(C)C2N[I-]2)CCCC1. The molecule has 1 saturated heterocycles. The number of halogens is 1. The van der Waals surface area contributed by atoms with Gasteiger partial charge in [-0.1, -0.05) is 0 Å². The molecule has 1 heterocycles. The van der Waals surface area contributed by atoms with E-state index in [-0.39, 0.29) is 39.0 Å². The van der Waals surface area contributed by atoms with Crippen molar-refractivity contribution in [1.82, 2.24) is 3.53 Å². The first kappa shape index (κ1) is 13.6. The second-order valence-corrected chi connectivity index (χ2v) is 7.91. The second-order valence-electron chi connectivity index (χ2n) is 5.32. The maximum absolute atomic E-state index is 12.1. The fourth-order valence-corrected chi connectivity index (χ4v) is 4.15. The topological polar surface area (TPSA) is 48.2 Å². The molecule has 1 N–H and O–H groups in total. The van der Waals surface area contributed by atoms with Crippen molar-refractivity contribution in [2.45, 2.75) is 68.4 Å². The van der Waals surface area contributed by atoms with Crippen LogP contribution in [0.25, 0.3) is 0 Å². The third-order valence-electron chi connectivity index (χ3n) is 3.86. The Hall–Kier alpha value is 0.160. The van der Waals surface area contributed by atoms with E-state index in [1.54, 1.807) is 0 Å². The Labute approximate surface area is 115 Å². The van der Waals surface area contributed by atoms with Gasteiger partial charge in [-0.3, -0.25) is 0 Å². The summed E-state index contributed by atoms with van der Waals surface area (Å²) in [6.07, 6.45) is 8.03. The van der Waals surface area contributed by atoms with Crippen LogP contribution in [0.5, 0.6) is 0 Å². The molecule has 2 atom stereocenters. The van der Waals surface area contributed by atoms with Gasteiger partial charge >= 0.3 is 115 Å². The van der Waals surface area contributed by atoms with Gasteiger partial charge in [0.1, 0.15) is 0 Å². The van der Waals surface area contributed by atoms with Crippen LogP contribution in [0.4, 0.5) is 0 Å². The molecule has 2 unspecified atom stereocenters. The first-order valence-electron chi connectivity index (χ1n) is 6.78. The number of carbonyl (C=O) groups excluding carboxylic acids is 1. The summed E-state index contributed by atoms with van der Waals surface area (Å²) in [5, 5.41) is 0. The molecule has 0 spiro atoms. The predicted molar refractivity (Wildman–Crippen MR) is 62.9 cm³/mol. The van der Waals surface area contributed by atoms with Crippen molar-refractivity contribution in [2.75, 3.05) is 0 Å². The number of rotatable bonds is 6. The van der Waals surface area contributed by atoms with Gasteiger partial charge in [0.15, 0.2) is 0 Å². The van der Waals surface area contributed by atoms with Crippen molar-refractivity contribution < 1.29 is 31.0 Å². The summed E-state index contributed by atoms with van der Waals surface area (Å²) < 4.78 is 9.69. The van der Waals surface area contributed by atoms with E-state index < -0.39 is 0 Å². The average Bonchev–Trinajstić information content (AvgIpc) is 3.08. The van der Waals surface area contributed by atoms with Gasteiger partial charge in [-0.05, 0) is 0 Å². The van der Waals surface area contributed by atoms with E-state index in [0.717, 1.165) is 19.3 Å². The van der Waals surface area contributed by atoms with Gasteiger partial charge in [0, 0.05) is 0 Å². The molecular formula is C13H23INO2-. The molecule has 2 rings (SSSR count). The summed E-state index contributed by atoms with van der Waals surface area (Å²) in [6, 6.07) is 0. The number of alkyl halides is 1. The van der Waals surface area contributed by atoms with E-state index in [4.69, 9.17) is 4.74 Å². The molecule has 2 fully saturated rings. The number of carbonyl (C=O) groups is 1. The third-order valence-corrected chi connectivity index (χ3v) is 6.28. The Kier molecular flexibility index (Phi) is 4.69. The summed E-state index contributed by atoms with van der Waals surface area (Å²) in [5.41, 5.74) is -0.103. The quantitative estimate of drug-likeness (QED) is 0.177. The van der Waals surface area contributed by atoms with Crippen LogP contribution in [0.15, 0.2) is 0 Å². The van der Waals surface area contributed by atoms with E-state index in [1.165, 1.54) is 25.7 Å². The zero-order valence-corrected chi connectivity index (χ0v) is 13.0. The zero-order chi connectivity index (χ0) is 12.3. The van der Waals surface area contributed by atoms with Gasteiger partial charge in [-0.2, -0.15) is 0 Å². The van der Waals surface area contributed by atoms with Crippen molar-refractivity contribution in [1.29, 1.82) is 0 Å². The van der Waals surface area contributed by atoms with Crippen LogP contribution in [0.3, 0.4) is 0 Å². The molecule has 1 aliphatic heterocycles. The molecular weight excluding hydrogens is 329 g/mol. The molecule has 0 radical (unpaired) electrons. The Bertz CT molecular complexity index is 273. The van der Waals surface area contributed by atoms with Crippen LogP contribution < -0.4 is 25.0 Å². The van der Waals surface area contributed by atoms with Gasteiger partial charge in [0.2, 0.25) is 0 Å². The maximum atomic E-state index is 12.1. The van der Waals surface area contributed by atoms with Crippen LogP contribution >= 0.6 is 0 Å². The third kappa shape index (κ3) is 3.56. The molecule has 1 saturated carbocycles. The number of esters is 1.